The van der Waals surface area contributed by atoms with Crippen LogP contribution < -0.4 is 4.72 Å². The van der Waals surface area contributed by atoms with Crippen molar-refractivity contribution in [3.63, 3.8) is 0 Å². The molecule has 24 heavy (non-hydrogen) atoms. The van der Waals surface area contributed by atoms with E-state index in [4.69, 9.17) is 0 Å². The molecular formula is C17H15FN4OS. The molecule has 5 nitrogen and oxygen atoms in total. The van der Waals surface area contributed by atoms with Gasteiger partial charge in [-0.3, -0.25) is 9.10 Å². The van der Waals surface area contributed by atoms with E-state index in [1.54, 1.807) is 6.07 Å². The fourth-order valence-electron chi connectivity index (χ4n) is 2.77. The fraction of sp³-hybridized carbons (Fsp3) is 0.176. The summed E-state index contributed by atoms with van der Waals surface area (Å²) < 4.78 is 18.4. The molecule has 7 heteroatoms. The first-order valence-electron chi connectivity index (χ1n) is 7.63. The molecule has 0 spiro atoms. The first-order valence-corrected chi connectivity index (χ1v) is 8.41. The van der Waals surface area contributed by atoms with Gasteiger partial charge in [0, 0.05) is 24.4 Å². The van der Waals surface area contributed by atoms with Crippen LogP contribution in [0.15, 0.2) is 65.2 Å². The minimum Gasteiger partial charge on any atom is -0.316 e. The van der Waals surface area contributed by atoms with Gasteiger partial charge in [0.2, 0.25) is 5.91 Å². The van der Waals surface area contributed by atoms with Gasteiger partial charge in [-0.2, -0.15) is 5.10 Å². The summed E-state index contributed by atoms with van der Waals surface area (Å²) in [5, 5.41) is 5.86. The molecule has 0 saturated carbocycles. The lowest BCUT2D eigenvalue weighted by Gasteiger charge is -2.18. The number of carbonyl (C=O) groups is 1. The van der Waals surface area contributed by atoms with Crippen LogP contribution in [0.3, 0.4) is 0 Å². The van der Waals surface area contributed by atoms with E-state index < -0.39 is 0 Å². The summed E-state index contributed by atoms with van der Waals surface area (Å²) >= 11 is 1.48. The number of nitrogens with one attached hydrogen (secondary N) is 1. The van der Waals surface area contributed by atoms with Crippen LogP contribution in [0.4, 0.5) is 4.39 Å². The van der Waals surface area contributed by atoms with E-state index >= 15 is 0 Å². The zero-order chi connectivity index (χ0) is 16.5. The van der Waals surface area contributed by atoms with Crippen LogP contribution in [0.1, 0.15) is 18.4 Å². The summed E-state index contributed by atoms with van der Waals surface area (Å²) in [4.78, 5) is 12.5. The second-order valence-electron chi connectivity index (χ2n) is 5.64. The van der Waals surface area contributed by atoms with Gasteiger partial charge >= 0.3 is 0 Å². The molecule has 1 aromatic carbocycles. The van der Waals surface area contributed by atoms with Crippen molar-refractivity contribution in [2.45, 2.75) is 12.8 Å². The van der Waals surface area contributed by atoms with Gasteiger partial charge in [-0.25, -0.2) is 9.40 Å². The Morgan fingerprint density at radius 2 is 2.33 bits per heavy atom. The van der Waals surface area contributed by atoms with Crippen LogP contribution in [0.5, 0.6) is 0 Å². The highest BCUT2D eigenvalue weighted by molar-refractivity contribution is 7.95. The number of amides is 1. The van der Waals surface area contributed by atoms with Crippen molar-refractivity contribution in [2.24, 2.45) is 5.10 Å². The molecule has 0 aromatic heterocycles. The highest BCUT2D eigenvalue weighted by Gasteiger charge is 2.23. The maximum absolute atomic E-state index is 13.3. The van der Waals surface area contributed by atoms with Crippen molar-refractivity contribution in [1.82, 2.24) is 14.0 Å². The number of fused-ring (bicyclic) bond motifs is 1. The van der Waals surface area contributed by atoms with E-state index in [9.17, 15) is 9.18 Å². The van der Waals surface area contributed by atoms with E-state index in [1.165, 1.54) is 29.3 Å². The molecule has 1 amide bonds. The highest BCUT2D eigenvalue weighted by atomic mass is 32.2. The third-order valence-electron chi connectivity index (χ3n) is 3.97. The molecular weight excluding hydrogens is 327 g/mol. The molecule has 4 rings (SSSR count). The standard InChI is InChI=1S/C17H15FN4OS/c18-14-3-1-2-13(10-14)16-5-6-21(20-16)17(23)9-12-4-7-22-15(8-12)11-19-24-22/h1-4,7-8,10-11,19H,5-6,9H2. The van der Waals surface area contributed by atoms with Crippen LogP contribution in [0, 0.1) is 5.82 Å². The van der Waals surface area contributed by atoms with Crippen molar-refractivity contribution in [1.29, 1.82) is 0 Å². The van der Waals surface area contributed by atoms with Gasteiger partial charge in [-0.05, 0) is 29.9 Å². The Balaban J connectivity index is 1.45. The summed E-state index contributed by atoms with van der Waals surface area (Å²) in [6, 6.07) is 6.32. The Bertz CT molecular complexity index is 815. The van der Waals surface area contributed by atoms with Gasteiger partial charge in [0.25, 0.3) is 0 Å². The number of carbonyl (C=O) groups excluding carboxylic acids is 1. The lowest BCUT2D eigenvalue weighted by atomic mass is 10.1. The summed E-state index contributed by atoms with van der Waals surface area (Å²) in [6.07, 6.45) is 8.69. The zero-order valence-corrected chi connectivity index (χ0v) is 13.6. The first kappa shape index (κ1) is 15.0. The molecule has 3 aliphatic rings. The molecule has 3 heterocycles. The monoisotopic (exact) mass is 342 g/mol. The smallest absolute Gasteiger partial charge is 0.247 e. The molecule has 0 fully saturated rings. The number of halogens is 1. The van der Waals surface area contributed by atoms with E-state index in [0.717, 1.165) is 22.5 Å². The molecule has 0 unspecified atom stereocenters. The SMILES string of the molecule is O=C(CC1=CC2=CNSN2C=C1)N1CCC(c2cccc(F)c2)=N1. The number of hydrogen-bond acceptors (Lipinski definition) is 5. The average molecular weight is 342 g/mol. The summed E-state index contributed by atoms with van der Waals surface area (Å²) in [5.74, 6) is -0.344. The Kier molecular flexibility index (Phi) is 3.86. The van der Waals surface area contributed by atoms with Crippen molar-refractivity contribution in [3.05, 3.63) is 71.5 Å². The molecule has 1 aromatic rings. The second kappa shape index (κ2) is 6.16. The molecule has 1 N–H and O–H groups in total. The van der Waals surface area contributed by atoms with Crippen LogP contribution in [0.2, 0.25) is 0 Å². The number of nitrogens with zero attached hydrogens (tertiary/aromatic N) is 3. The van der Waals surface area contributed by atoms with Gasteiger partial charge in [0.1, 0.15) is 5.82 Å². The van der Waals surface area contributed by atoms with E-state index in [2.05, 4.69) is 9.82 Å². The first-order chi connectivity index (χ1) is 11.7. The van der Waals surface area contributed by atoms with E-state index in [-0.39, 0.29) is 11.7 Å². The topological polar surface area (TPSA) is 47.9 Å². The zero-order valence-electron chi connectivity index (χ0n) is 12.8. The lowest BCUT2D eigenvalue weighted by Crippen LogP contribution is -2.23. The van der Waals surface area contributed by atoms with E-state index in [0.29, 0.717) is 19.4 Å². The molecule has 0 saturated heterocycles. The van der Waals surface area contributed by atoms with Crippen LogP contribution in [0.25, 0.3) is 0 Å². The molecule has 0 atom stereocenters. The normalized spacial score (nSPS) is 18.8. The third-order valence-corrected chi connectivity index (χ3v) is 4.73. The summed E-state index contributed by atoms with van der Waals surface area (Å²) in [7, 11) is 0. The highest BCUT2D eigenvalue weighted by Crippen LogP contribution is 2.29. The lowest BCUT2D eigenvalue weighted by molar-refractivity contribution is -0.129. The van der Waals surface area contributed by atoms with Gasteiger partial charge in [-0.15, -0.1) is 0 Å². The van der Waals surface area contributed by atoms with Gasteiger partial charge in [0.05, 0.1) is 36.5 Å². The van der Waals surface area contributed by atoms with Crippen LogP contribution >= 0.6 is 12.1 Å². The predicted octanol–water partition coefficient (Wildman–Crippen LogP) is 2.92. The largest absolute Gasteiger partial charge is 0.316 e. The van der Waals surface area contributed by atoms with Crippen molar-refractivity contribution < 1.29 is 9.18 Å². The van der Waals surface area contributed by atoms with Crippen molar-refractivity contribution >= 4 is 23.8 Å². The van der Waals surface area contributed by atoms with Gasteiger partial charge in [-0.1, -0.05) is 12.1 Å². The number of allylic oxidation sites excluding steroid dienone is 2. The molecule has 0 radical (unpaired) electrons. The summed E-state index contributed by atoms with van der Waals surface area (Å²) in [5.41, 5.74) is 3.45. The maximum Gasteiger partial charge on any atom is 0.247 e. The number of benzene rings is 1. The molecule has 122 valence electrons. The molecule has 0 bridgehead atoms. The van der Waals surface area contributed by atoms with Crippen molar-refractivity contribution in [2.75, 3.05) is 6.54 Å². The Morgan fingerprint density at radius 1 is 1.42 bits per heavy atom. The Morgan fingerprint density at radius 3 is 3.21 bits per heavy atom. The fourth-order valence-corrected chi connectivity index (χ4v) is 3.39. The quantitative estimate of drug-likeness (QED) is 0.858. The minimum atomic E-state index is -0.293. The summed E-state index contributed by atoms with van der Waals surface area (Å²) in [6.45, 7) is 0.536. The number of rotatable bonds is 3. The Hall–Kier alpha value is -2.54. The maximum atomic E-state index is 13.3. The third kappa shape index (κ3) is 2.94. The van der Waals surface area contributed by atoms with Gasteiger partial charge in [0.15, 0.2) is 0 Å². The average Bonchev–Trinajstić information content (AvgIpc) is 3.24. The number of hydrazone groups is 1. The van der Waals surface area contributed by atoms with E-state index in [1.807, 2.05) is 34.9 Å². The second-order valence-corrected chi connectivity index (χ2v) is 6.45. The van der Waals surface area contributed by atoms with Crippen molar-refractivity contribution in [3.8, 4) is 0 Å². The van der Waals surface area contributed by atoms with Gasteiger partial charge < -0.3 is 4.72 Å². The van der Waals surface area contributed by atoms with Crippen LogP contribution in [-0.2, 0) is 4.79 Å². The molecule has 0 aliphatic carbocycles. The Labute approximate surface area is 143 Å². The predicted molar refractivity (Wildman–Crippen MR) is 91.8 cm³/mol. The minimum absolute atomic E-state index is 0.0510. The van der Waals surface area contributed by atoms with Crippen LogP contribution in [-0.4, -0.2) is 27.5 Å². The molecule has 3 aliphatic heterocycles. The number of hydrogen-bond donors (Lipinski definition) is 1.